The van der Waals surface area contributed by atoms with Gasteiger partial charge in [0.05, 0.1) is 0 Å². The second-order valence-corrected chi connectivity index (χ2v) is 5.84. The van der Waals surface area contributed by atoms with Crippen molar-refractivity contribution in [2.45, 2.75) is 33.6 Å². The lowest BCUT2D eigenvalue weighted by Crippen LogP contribution is -2.36. The molecule has 1 heterocycles. The van der Waals surface area contributed by atoms with E-state index in [-0.39, 0.29) is 11.8 Å². The Morgan fingerprint density at radius 1 is 1.16 bits per heavy atom. The summed E-state index contributed by atoms with van der Waals surface area (Å²) in [6.07, 6.45) is 1.93. The van der Waals surface area contributed by atoms with Crippen molar-refractivity contribution in [1.29, 1.82) is 0 Å². The lowest BCUT2D eigenvalue weighted by Gasteiger charge is -2.28. The summed E-state index contributed by atoms with van der Waals surface area (Å²) in [5.74, 6) is 0.347. The molecule has 3 heteroatoms. The van der Waals surface area contributed by atoms with Crippen molar-refractivity contribution in [3.05, 3.63) is 28.8 Å². The Bertz CT molecular complexity index is 451. The molecule has 0 saturated carbocycles. The van der Waals surface area contributed by atoms with Crippen LogP contribution in [0.2, 0.25) is 0 Å². The number of hydrogen-bond donors (Lipinski definition) is 1. The van der Waals surface area contributed by atoms with Crippen LogP contribution in [0.5, 0.6) is 0 Å². The van der Waals surface area contributed by atoms with Gasteiger partial charge in [0, 0.05) is 11.6 Å². The van der Waals surface area contributed by atoms with Crippen LogP contribution in [0.15, 0.2) is 12.1 Å². The minimum atomic E-state index is 0.163. The first-order valence-electron chi connectivity index (χ1n) is 7.04. The van der Waals surface area contributed by atoms with Crippen molar-refractivity contribution in [1.82, 2.24) is 4.90 Å². The van der Waals surface area contributed by atoms with E-state index in [4.69, 9.17) is 0 Å². The van der Waals surface area contributed by atoms with Gasteiger partial charge in [-0.3, -0.25) is 4.79 Å². The topological polar surface area (TPSA) is 32.3 Å². The highest BCUT2D eigenvalue weighted by atomic mass is 16.1. The first kappa shape index (κ1) is 14.1. The molecule has 0 aliphatic carbocycles. The molecule has 1 aromatic carbocycles. The molecule has 0 radical (unpaired) electrons. The van der Waals surface area contributed by atoms with Crippen molar-refractivity contribution in [3.8, 4) is 0 Å². The monoisotopic (exact) mass is 260 g/mol. The van der Waals surface area contributed by atoms with E-state index in [1.165, 1.54) is 5.56 Å². The molecule has 0 bridgehead atoms. The number of aryl methyl sites for hydroxylation is 3. The molecule has 1 N–H and O–H groups in total. The zero-order valence-corrected chi connectivity index (χ0v) is 12.4. The van der Waals surface area contributed by atoms with Crippen LogP contribution in [0.4, 0.5) is 5.69 Å². The number of carbonyl (C=O) groups excluding carboxylic acids is 1. The van der Waals surface area contributed by atoms with Gasteiger partial charge in [-0.1, -0.05) is 17.7 Å². The maximum absolute atomic E-state index is 12.3. The molecule has 1 aliphatic heterocycles. The maximum atomic E-state index is 12.3. The van der Waals surface area contributed by atoms with Crippen LogP contribution in [0.25, 0.3) is 0 Å². The molecule has 2 rings (SSSR count). The fourth-order valence-electron chi connectivity index (χ4n) is 2.87. The van der Waals surface area contributed by atoms with Gasteiger partial charge in [0.25, 0.3) is 0 Å². The summed E-state index contributed by atoms with van der Waals surface area (Å²) in [5.41, 5.74) is 4.54. The summed E-state index contributed by atoms with van der Waals surface area (Å²) in [5, 5.41) is 3.13. The highest BCUT2D eigenvalue weighted by Gasteiger charge is 2.23. The predicted molar refractivity (Wildman–Crippen MR) is 79.5 cm³/mol. The molecular weight excluding hydrogens is 236 g/mol. The minimum Gasteiger partial charge on any atom is -0.325 e. The number of rotatable bonds is 2. The molecule has 104 valence electrons. The summed E-state index contributed by atoms with van der Waals surface area (Å²) < 4.78 is 0. The van der Waals surface area contributed by atoms with Gasteiger partial charge in [-0.05, 0) is 64.9 Å². The van der Waals surface area contributed by atoms with Gasteiger partial charge in [0.1, 0.15) is 0 Å². The third-order valence-corrected chi connectivity index (χ3v) is 4.01. The normalized spacial score (nSPS) is 17.5. The summed E-state index contributed by atoms with van der Waals surface area (Å²) in [7, 11) is 2.11. The van der Waals surface area contributed by atoms with Gasteiger partial charge in [0.2, 0.25) is 5.91 Å². The van der Waals surface area contributed by atoms with Crippen LogP contribution in [-0.4, -0.2) is 30.9 Å². The third-order valence-electron chi connectivity index (χ3n) is 4.01. The van der Waals surface area contributed by atoms with Crippen LogP contribution in [-0.2, 0) is 4.79 Å². The van der Waals surface area contributed by atoms with Crippen LogP contribution in [0.3, 0.4) is 0 Å². The highest BCUT2D eigenvalue weighted by Crippen LogP contribution is 2.24. The fraction of sp³-hybridized carbons (Fsp3) is 0.562. The highest BCUT2D eigenvalue weighted by molar-refractivity contribution is 5.94. The summed E-state index contributed by atoms with van der Waals surface area (Å²) in [4.78, 5) is 14.6. The fourth-order valence-corrected chi connectivity index (χ4v) is 2.87. The number of benzene rings is 1. The van der Waals surface area contributed by atoms with Crippen molar-refractivity contribution < 1.29 is 4.79 Å². The van der Waals surface area contributed by atoms with Crippen molar-refractivity contribution in [2.24, 2.45) is 5.92 Å². The zero-order valence-electron chi connectivity index (χ0n) is 12.4. The van der Waals surface area contributed by atoms with Crippen molar-refractivity contribution in [3.63, 3.8) is 0 Å². The average molecular weight is 260 g/mol. The molecule has 19 heavy (non-hydrogen) atoms. The number of amides is 1. The number of anilines is 1. The van der Waals surface area contributed by atoms with Crippen molar-refractivity contribution >= 4 is 11.6 Å². The van der Waals surface area contributed by atoms with Crippen LogP contribution in [0, 0.1) is 26.7 Å². The van der Waals surface area contributed by atoms with E-state index in [1.54, 1.807) is 0 Å². The minimum absolute atomic E-state index is 0.163. The predicted octanol–water partition coefficient (Wildman–Crippen LogP) is 2.89. The zero-order chi connectivity index (χ0) is 14.0. The third kappa shape index (κ3) is 3.35. The van der Waals surface area contributed by atoms with E-state index >= 15 is 0 Å². The van der Waals surface area contributed by atoms with Gasteiger partial charge in [-0.15, -0.1) is 0 Å². The van der Waals surface area contributed by atoms with E-state index in [1.807, 2.05) is 0 Å². The number of hydrogen-bond acceptors (Lipinski definition) is 2. The van der Waals surface area contributed by atoms with E-state index in [0.29, 0.717) is 0 Å². The first-order chi connectivity index (χ1) is 8.97. The number of likely N-dealkylation sites (tertiary alicyclic amines) is 1. The standard InChI is InChI=1S/C16H24N2O/c1-11-9-12(2)15(13(3)10-11)17-16(19)14-5-7-18(4)8-6-14/h9-10,14H,5-8H2,1-4H3,(H,17,19). The van der Waals surface area contributed by atoms with E-state index < -0.39 is 0 Å². The van der Waals surface area contributed by atoms with Crippen LogP contribution < -0.4 is 5.32 Å². The Morgan fingerprint density at radius 3 is 2.21 bits per heavy atom. The molecule has 1 aliphatic rings. The summed E-state index contributed by atoms with van der Waals surface area (Å²) in [6, 6.07) is 4.24. The molecule has 1 saturated heterocycles. The number of carbonyl (C=O) groups is 1. The second-order valence-electron chi connectivity index (χ2n) is 5.84. The molecule has 1 fully saturated rings. The number of nitrogens with zero attached hydrogens (tertiary/aromatic N) is 1. The quantitative estimate of drug-likeness (QED) is 0.886. The lowest BCUT2D eigenvalue weighted by atomic mass is 9.95. The SMILES string of the molecule is Cc1cc(C)c(NC(=O)C2CCN(C)CC2)c(C)c1. The first-order valence-corrected chi connectivity index (χ1v) is 7.04. The Balaban J connectivity index is 2.07. The van der Waals surface area contributed by atoms with Gasteiger partial charge in [-0.25, -0.2) is 0 Å². The average Bonchev–Trinajstić information content (AvgIpc) is 2.34. The Labute approximate surface area is 116 Å². The largest absolute Gasteiger partial charge is 0.325 e. The molecule has 0 atom stereocenters. The summed E-state index contributed by atoms with van der Waals surface area (Å²) in [6.45, 7) is 8.24. The van der Waals surface area contributed by atoms with Crippen LogP contribution in [0.1, 0.15) is 29.5 Å². The molecule has 1 amide bonds. The Morgan fingerprint density at radius 2 is 1.68 bits per heavy atom. The maximum Gasteiger partial charge on any atom is 0.227 e. The second kappa shape index (κ2) is 5.74. The molecule has 0 unspecified atom stereocenters. The van der Waals surface area contributed by atoms with Crippen molar-refractivity contribution in [2.75, 3.05) is 25.5 Å². The van der Waals surface area contributed by atoms with Gasteiger partial charge < -0.3 is 10.2 Å². The van der Waals surface area contributed by atoms with Gasteiger partial charge in [-0.2, -0.15) is 0 Å². The van der Waals surface area contributed by atoms with Crippen LogP contribution >= 0.6 is 0 Å². The summed E-state index contributed by atoms with van der Waals surface area (Å²) >= 11 is 0. The van der Waals surface area contributed by atoms with Gasteiger partial charge in [0.15, 0.2) is 0 Å². The molecule has 0 aromatic heterocycles. The van der Waals surface area contributed by atoms with E-state index in [9.17, 15) is 4.79 Å². The van der Waals surface area contributed by atoms with E-state index in [2.05, 4.69) is 50.2 Å². The molecule has 3 nitrogen and oxygen atoms in total. The molecular formula is C16H24N2O. The number of nitrogens with one attached hydrogen (secondary N) is 1. The lowest BCUT2D eigenvalue weighted by molar-refractivity contribution is -0.121. The smallest absolute Gasteiger partial charge is 0.227 e. The number of piperidine rings is 1. The Kier molecular flexibility index (Phi) is 4.25. The molecule has 0 spiro atoms. The van der Waals surface area contributed by atoms with Gasteiger partial charge >= 0.3 is 0 Å². The van der Waals surface area contributed by atoms with E-state index in [0.717, 1.165) is 42.7 Å². The molecule has 1 aromatic rings. The Hall–Kier alpha value is -1.35.